The second kappa shape index (κ2) is 15.7. The Morgan fingerprint density at radius 1 is 0.857 bits per heavy atom. The molecular formula is C37H35Cl2N5O4S. The number of carbonyl (C=O) groups excluding carboxylic acids is 1. The third kappa shape index (κ3) is 7.83. The molecule has 0 radical (unpaired) electrons. The fourth-order valence-corrected chi connectivity index (χ4v) is 6.75. The fourth-order valence-electron chi connectivity index (χ4n) is 5.45. The van der Waals surface area contributed by atoms with Crippen molar-refractivity contribution in [3.63, 3.8) is 0 Å². The lowest BCUT2D eigenvalue weighted by molar-refractivity contribution is -0.113. The minimum absolute atomic E-state index is 0.261. The summed E-state index contributed by atoms with van der Waals surface area (Å²) in [5.74, 6) is 2.42. The van der Waals surface area contributed by atoms with Crippen molar-refractivity contribution in [3.8, 4) is 17.2 Å². The maximum Gasteiger partial charge on any atom is 0.255 e. The van der Waals surface area contributed by atoms with Gasteiger partial charge in [0.25, 0.3) is 5.91 Å². The minimum atomic E-state index is -0.658. The van der Waals surface area contributed by atoms with Gasteiger partial charge in [-0.25, -0.2) is 4.68 Å². The van der Waals surface area contributed by atoms with Gasteiger partial charge in [-0.05, 0) is 68.3 Å². The van der Waals surface area contributed by atoms with Gasteiger partial charge in [0, 0.05) is 27.1 Å². The standard InChI is InChI=1S/C37H35Cl2N5O4S/c1-4-46-30-17-11-10-16-29(30)41-35(45)33-23(3)40-36-42-37(49-22-26-13-7-9-15-28(26)39)43-44(36)34(33)24-18-19-31(32(20-24)47-5-2)48-21-25-12-6-8-14-27(25)38/h6-20,34H,4-5,21-22H2,1-3H3,(H,41,45)(H,40,42,43). The molecule has 2 heterocycles. The molecule has 49 heavy (non-hydrogen) atoms. The molecule has 12 heteroatoms. The SMILES string of the molecule is CCOc1ccccc1NC(=O)C1=C(C)Nc2nc(SCc3ccccc3Cl)nn2C1c1ccc(OCc2ccccc2Cl)c(OCC)c1. The van der Waals surface area contributed by atoms with E-state index in [1.54, 1.807) is 4.68 Å². The number of fused-ring (bicyclic) bond motifs is 1. The largest absolute Gasteiger partial charge is 0.492 e. The van der Waals surface area contributed by atoms with E-state index in [-0.39, 0.29) is 12.5 Å². The smallest absolute Gasteiger partial charge is 0.255 e. The summed E-state index contributed by atoms with van der Waals surface area (Å²) in [4.78, 5) is 19.0. The Morgan fingerprint density at radius 3 is 2.27 bits per heavy atom. The first kappa shape index (κ1) is 34.2. The number of carbonyl (C=O) groups is 1. The average Bonchev–Trinajstić information content (AvgIpc) is 3.50. The zero-order valence-corrected chi connectivity index (χ0v) is 29.5. The lowest BCUT2D eigenvalue weighted by Crippen LogP contribution is -2.31. The van der Waals surface area contributed by atoms with Crippen molar-refractivity contribution in [2.75, 3.05) is 23.8 Å². The molecule has 0 spiro atoms. The molecule has 1 aliphatic rings. The van der Waals surface area contributed by atoms with E-state index in [1.165, 1.54) is 11.8 Å². The molecule has 2 N–H and O–H groups in total. The van der Waals surface area contributed by atoms with Crippen LogP contribution in [0.1, 0.15) is 43.5 Å². The number of anilines is 2. The lowest BCUT2D eigenvalue weighted by Gasteiger charge is -2.29. The van der Waals surface area contributed by atoms with Gasteiger partial charge in [0.05, 0.1) is 24.5 Å². The fraction of sp³-hybridized carbons (Fsp3) is 0.216. The molecule has 252 valence electrons. The van der Waals surface area contributed by atoms with E-state index in [1.807, 2.05) is 112 Å². The zero-order chi connectivity index (χ0) is 34.3. The van der Waals surface area contributed by atoms with Gasteiger partial charge < -0.3 is 24.8 Å². The number of allylic oxidation sites excluding steroid dienone is 1. The monoisotopic (exact) mass is 715 g/mol. The Balaban J connectivity index is 1.37. The number of amides is 1. The molecule has 0 saturated heterocycles. The molecule has 1 unspecified atom stereocenters. The van der Waals surface area contributed by atoms with Crippen molar-refractivity contribution >= 4 is 52.5 Å². The first-order valence-corrected chi connectivity index (χ1v) is 17.6. The number of nitrogens with zero attached hydrogens (tertiary/aromatic N) is 3. The summed E-state index contributed by atoms with van der Waals surface area (Å²) in [6, 6.07) is 27.6. The molecular weight excluding hydrogens is 681 g/mol. The normalized spacial score (nSPS) is 13.8. The third-order valence-corrected chi connectivity index (χ3v) is 9.38. The number of rotatable bonds is 13. The van der Waals surface area contributed by atoms with E-state index >= 15 is 0 Å². The molecule has 0 saturated carbocycles. The van der Waals surface area contributed by atoms with E-state index in [4.69, 9.17) is 47.5 Å². The van der Waals surface area contributed by atoms with Crippen LogP contribution >= 0.6 is 35.0 Å². The van der Waals surface area contributed by atoms with Crippen LogP contribution in [0.3, 0.4) is 0 Å². The van der Waals surface area contributed by atoms with Crippen LogP contribution in [-0.4, -0.2) is 33.9 Å². The van der Waals surface area contributed by atoms with Crippen LogP contribution in [0.25, 0.3) is 0 Å². The number of thioether (sulfide) groups is 1. The Morgan fingerprint density at radius 2 is 1.53 bits per heavy atom. The molecule has 0 fully saturated rings. The van der Waals surface area contributed by atoms with Crippen LogP contribution in [0.4, 0.5) is 11.6 Å². The molecule has 9 nitrogen and oxygen atoms in total. The topological polar surface area (TPSA) is 99.5 Å². The first-order chi connectivity index (χ1) is 23.9. The van der Waals surface area contributed by atoms with Gasteiger partial charge >= 0.3 is 0 Å². The lowest BCUT2D eigenvalue weighted by atomic mass is 9.94. The zero-order valence-electron chi connectivity index (χ0n) is 27.2. The second-order valence-electron chi connectivity index (χ2n) is 11.0. The van der Waals surface area contributed by atoms with E-state index in [0.29, 0.717) is 74.3 Å². The van der Waals surface area contributed by atoms with Crippen LogP contribution < -0.4 is 24.8 Å². The number of hydrogen-bond acceptors (Lipinski definition) is 8. The number of para-hydroxylation sites is 2. The van der Waals surface area contributed by atoms with E-state index in [9.17, 15) is 4.79 Å². The summed E-state index contributed by atoms with van der Waals surface area (Å²) in [6.07, 6.45) is 0. The molecule has 0 bridgehead atoms. The predicted molar refractivity (Wildman–Crippen MR) is 195 cm³/mol. The quantitative estimate of drug-likeness (QED) is 0.116. The summed E-state index contributed by atoms with van der Waals surface area (Å²) < 4.78 is 19.8. The van der Waals surface area contributed by atoms with Crippen molar-refractivity contribution in [2.45, 2.75) is 44.3 Å². The molecule has 1 amide bonds. The van der Waals surface area contributed by atoms with Crippen LogP contribution in [0.15, 0.2) is 107 Å². The second-order valence-corrected chi connectivity index (χ2v) is 12.8. The van der Waals surface area contributed by atoms with Crippen molar-refractivity contribution in [1.29, 1.82) is 0 Å². The highest BCUT2D eigenvalue weighted by molar-refractivity contribution is 7.98. The number of aromatic nitrogens is 3. The number of benzene rings is 4. The number of halogens is 2. The predicted octanol–water partition coefficient (Wildman–Crippen LogP) is 9.18. The van der Waals surface area contributed by atoms with Crippen molar-refractivity contribution in [3.05, 3.63) is 129 Å². The maximum absolute atomic E-state index is 14.2. The van der Waals surface area contributed by atoms with Gasteiger partial charge in [0.15, 0.2) is 11.5 Å². The first-order valence-electron chi connectivity index (χ1n) is 15.8. The molecule has 4 aromatic carbocycles. The molecule has 1 atom stereocenters. The summed E-state index contributed by atoms with van der Waals surface area (Å²) >= 11 is 14.3. The molecule has 1 aromatic heterocycles. The number of hydrogen-bond donors (Lipinski definition) is 2. The maximum atomic E-state index is 14.2. The van der Waals surface area contributed by atoms with Gasteiger partial charge in [-0.15, -0.1) is 5.10 Å². The van der Waals surface area contributed by atoms with Gasteiger partial charge in [-0.2, -0.15) is 4.98 Å². The van der Waals surface area contributed by atoms with E-state index < -0.39 is 6.04 Å². The van der Waals surface area contributed by atoms with Gasteiger partial charge in [-0.1, -0.05) is 89.6 Å². The molecule has 6 rings (SSSR count). The molecule has 5 aromatic rings. The van der Waals surface area contributed by atoms with Crippen LogP contribution in [0.2, 0.25) is 10.0 Å². The van der Waals surface area contributed by atoms with Crippen LogP contribution in [-0.2, 0) is 17.2 Å². The average molecular weight is 717 g/mol. The molecule has 1 aliphatic heterocycles. The highest BCUT2D eigenvalue weighted by atomic mass is 35.5. The van der Waals surface area contributed by atoms with E-state index in [0.717, 1.165) is 16.7 Å². The van der Waals surface area contributed by atoms with Gasteiger partial charge in [0.1, 0.15) is 18.4 Å². The number of nitrogens with one attached hydrogen (secondary N) is 2. The van der Waals surface area contributed by atoms with Crippen LogP contribution in [0.5, 0.6) is 17.2 Å². The summed E-state index contributed by atoms with van der Waals surface area (Å²) in [5.41, 5.74) is 4.24. The Hall–Kier alpha value is -4.64. The van der Waals surface area contributed by atoms with Crippen molar-refractivity contribution in [2.24, 2.45) is 0 Å². The minimum Gasteiger partial charge on any atom is -0.492 e. The van der Waals surface area contributed by atoms with E-state index in [2.05, 4.69) is 10.6 Å². The third-order valence-electron chi connectivity index (χ3n) is 7.75. The Labute approximate surface area is 299 Å². The Kier molecular flexibility index (Phi) is 11.0. The Bertz CT molecular complexity index is 2000. The summed E-state index contributed by atoms with van der Waals surface area (Å²) in [6.45, 7) is 6.80. The van der Waals surface area contributed by atoms with Gasteiger partial charge in [0.2, 0.25) is 11.1 Å². The highest BCUT2D eigenvalue weighted by Gasteiger charge is 2.35. The van der Waals surface area contributed by atoms with Crippen molar-refractivity contribution in [1.82, 2.24) is 14.8 Å². The van der Waals surface area contributed by atoms with Crippen LogP contribution in [0, 0.1) is 0 Å². The molecule has 0 aliphatic carbocycles. The summed E-state index contributed by atoms with van der Waals surface area (Å²) in [5, 5.41) is 13.1. The number of ether oxygens (including phenoxy) is 3. The van der Waals surface area contributed by atoms with Crippen molar-refractivity contribution < 1.29 is 19.0 Å². The van der Waals surface area contributed by atoms with Gasteiger partial charge in [-0.3, -0.25) is 4.79 Å². The summed E-state index contributed by atoms with van der Waals surface area (Å²) in [7, 11) is 0. The highest BCUT2D eigenvalue weighted by Crippen LogP contribution is 2.41.